The maximum absolute atomic E-state index is 12.1. The molecule has 0 aliphatic rings. The van der Waals surface area contributed by atoms with Gasteiger partial charge in [-0.3, -0.25) is 9.59 Å². The van der Waals surface area contributed by atoms with E-state index in [0.29, 0.717) is 5.56 Å². The van der Waals surface area contributed by atoms with Gasteiger partial charge in [-0.15, -0.1) is 0 Å². The van der Waals surface area contributed by atoms with E-state index in [9.17, 15) is 9.59 Å². The van der Waals surface area contributed by atoms with E-state index >= 15 is 0 Å². The Balaban J connectivity index is 2.27. The largest absolute Gasteiger partial charge is 0.329 e. The topological polar surface area (TPSA) is 62.0 Å². The van der Waals surface area contributed by atoms with Crippen molar-refractivity contribution in [2.75, 3.05) is 5.32 Å². The highest BCUT2D eigenvalue weighted by Crippen LogP contribution is 2.28. The lowest BCUT2D eigenvalue weighted by Gasteiger charge is -2.12. The quantitative estimate of drug-likeness (QED) is 0.854. The van der Waals surface area contributed by atoms with Crippen LogP contribution in [-0.4, -0.2) is 10.9 Å². The molecule has 2 aromatic rings. The summed E-state index contributed by atoms with van der Waals surface area (Å²) in [4.78, 5) is 25.8. The second-order valence-corrected chi connectivity index (χ2v) is 5.47. The molecular weight excluding hydrogens is 308 g/mol. The predicted octanol–water partition coefficient (Wildman–Crippen LogP) is 3.08. The number of anilines is 1. The average Bonchev–Trinajstić information content (AvgIpc) is 2.39. The molecule has 0 aliphatic heterocycles. The van der Waals surface area contributed by atoms with Crippen LogP contribution < -0.4 is 10.9 Å². The Morgan fingerprint density at radius 3 is 2.74 bits per heavy atom. The molecule has 1 atom stereocenters. The maximum atomic E-state index is 12.1. The summed E-state index contributed by atoms with van der Waals surface area (Å²) in [7, 11) is 0. The SMILES string of the molecule is CC(Br)c1ccccc1NC(=O)c1cc[nH]c(=O)c1. The molecule has 1 unspecified atom stereocenters. The molecule has 4 nitrogen and oxygen atoms in total. The third-order valence-electron chi connectivity index (χ3n) is 2.67. The van der Waals surface area contributed by atoms with Crippen molar-refractivity contribution in [1.82, 2.24) is 4.98 Å². The number of para-hydroxylation sites is 1. The van der Waals surface area contributed by atoms with E-state index in [2.05, 4.69) is 26.2 Å². The van der Waals surface area contributed by atoms with E-state index in [1.807, 2.05) is 31.2 Å². The van der Waals surface area contributed by atoms with Gasteiger partial charge >= 0.3 is 0 Å². The summed E-state index contributed by atoms with van der Waals surface area (Å²) >= 11 is 3.48. The van der Waals surface area contributed by atoms with Crippen molar-refractivity contribution in [3.05, 3.63) is 64.1 Å². The number of alkyl halides is 1. The van der Waals surface area contributed by atoms with Crippen LogP contribution in [0.1, 0.15) is 27.7 Å². The second-order valence-electron chi connectivity index (χ2n) is 4.10. The number of aromatic nitrogens is 1. The van der Waals surface area contributed by atoms with Crippen LogP contribution in [0.15, 0.2) is 47.4 Å². The van der Waals surface area contributed by atoms with E-state index in [-0.39, 0.29) is 16.3 Å². The maximum Gasteiger partial charge on any atom is 0.255 e. The fraction of sp³-hybridized carbons (Fsp3) is 0.143. The molecule has 0 aliphatic carbocycles. The van der Waals surface area contributed by atoms with Crippen LogP contribution in [0.5, 0.6) is 0 Å². The molecule has 2 N–H and O–H groups in total. The number of nitrogens with one attached hydrogen (secondary N) is 2. The lowest BCUT2D eigenvalue weighted by molar-refractivity contribution is 0.102. The summed E-state index contributed by atoms with van der Waals surface area (Å²) in [6.07, 6.45) is 1.45. The molecule has 0 spiro atoms. The minimum Gasteiger partial charge on any atom is -0.329 e. The first-order valence-corrected chi connectivity index (χ1v) is 6.72. The number of hydrogen-bond donors (Lipinski definition) is 2. The van der Waals surface area contributed by atoms with E-state index in [0.717, 1.165) is 11.3 Å². The summed E-state index contributed by atoms with van der Waals surface area (Å²) in [5, 5.41) is 2.81. The number of benzene rings is 1. The second kappa shape index (κ2) is 5.84. The molecule has 0 fully saturated rings. The van der Waals surface area contributed by atoms with Crippen LogP contribution in [-0.2, 0) is 0 Å². The number of aromatic amines is 1. The number of hydrogen-bond acceptors (Lipinski definition) is 2. The first-order chi connectivity index (χ1) is 9.08. The molecule has 1 aromatic heterocycles. The van der Waals surface area contributed by atoms with Crippen LogP contribution in [0.3, 0.4) is 0 Å². The molecule has 0 saturated carbocycles. The van der Waals surface area contributed by atoms with Crippen molar-refractivity contribution in [3.63, 3.8) is 0 Å². The van der Waals surface area contributed by atoms with Gasteiger partial charge in [-0.05, 0) is 24.6 Å². The van der Waals surface area contributed by atoms with Gasteiger partial charge in [0.05, 0.1) is 0 Å². The minimum atomic E-state index is -0.299. The zero-order chi connectivity index (χ0) is 13.8. The van der Waals surface area contributed by atoms with Gasteiger partial charge < -0.3 is 10.3 Å². The van der Waals surface area contributed by atoms with E-state index < -0.39 is 0 Å². The summed E-state index contributed by atoms with van der Waals surface area (Å²) < 4.78 is 0. The Kier molecular flexibility index (Phi) is 4.16. The van der Waals surface area contributed by atoms with E-state index in [4.69, 9.17) is 0 Å². The number of rotatable bonds is 3. The van der Waals surface area contributed by atoms with Gasteiger partial charge in [-0.25, -0.2) is 0 Å². The summed E-state index contributed by atoms with van der Waals surface area (Å²) in [5.74, 6) is -0.299. The fourth-order valence-corrected chi connectivity index (χ4v) is 2.14. The summed E-state index contributed by atoms with van der Waals surface area (Å²) in [6.45, 7) is 1.98. The lowest BCUT2D eigenvalue weighted by atomic mass is 10.1. The lowest BCUT2D eigenvalue weighted by Crippen LogP contribution is -2.16. The number of carbonyl (C=O) groups excluding carboxylic acids is 1. The molecule has 2 rings (SSSR count). The number of H-pyrrole nitrogens is 1. The highest BCUT2D eigenvalue weighted by Gasteiger charge is 2.11. The van der Waals surface area contributed by atoms with Gasteiger partial charge in [0.25, 0.3) is 5.91 Å². The van der Waals surface area contributed by atoms with Crippen LogP contribution in [0, 0.1) is 0 Å². The van der Waals surface area contributed by atoms with Crippen LogP contribution in [0.25, 0.3) is 0 Å². The molecule has 1 aromatic carbocycles. The first kappa shape index (κ1) is 13.5. The number of halogens is 1. The Labute approximate surface area is 119 Å². The molecular formula is C14H13BrN2O2. The molecule has 19 heavy (non-hydrogen) atoms. The van der Waals surface area contributed by atoms with Crippen molar-refractivity contribution in [2.45, 2.75) is 11.8 Å². The molecule has 0 saturated heterocycles. The van der Waals surface area contributed by atoms with Gasteiger partial charge in [0.1, 0.15) is 0 Å². The Morgan fingerprint density at radius 1 is 1.32 bits per heavy atom. The molecule has 1 heterocycles. The van der Waals surface area contributed by atoms with E-state index in [1.54, 1.807) is 6.07 Å². The fourth-order valence-electron chi connectivity index (χ4n) is 1.74. The van der Waals surface area contributed by atoms with Crippen LogP contribution >= 0.6 is 15.9 Å². The summed E-state index contributed by atoms with van der Waals surface area (Å²) in [6, 6.07) is 10.4. The number of carbonyl (C=O) groups is 1. The Morgan fingerprint density at radius 2 is 2.05 bits per heavy atom. The third-order valence-corrected chi connectivity index (χ3v) is 3.17. The van der Waals surface area contributed by atoms with Gasteiger partial charge in [0, 0.05) is 28.3 Å². The van der Waals surface area contributed by atoms with Gasteiger partial charge in [0.15, 0.2) is 0 Å². The van der Waals surface area contributed by atoms with Crippen molar-refractivity contribution in [3.8, 4) is 0 Å². The molecule has 0 bridgehead atoms. The number of amides is 1. The number of pyridine rings is 1. The van der Waals surface area contributed by atoms with Crippen molar-refractivity contribution in [2.24, 2.45) is 0 Å². The predicted molar refractivity (Wildman–Crippen MR) is 78.8 cm³/mol. The van der Waals surface area contributed by atoms with Crippen molar-refractivity contribution >= 4 is 27.5 Å². The van der Waals surface area contributed by atoms with Gasteiger partial charge in [0.2, 0.25) is 5.56 Å². The molecule has 0 radical (unpaired) electrons. The van der Waals surface area contributed by atoms with E-state index in [1.165, 1.54) is 12.3 Å². The smallest absolute Gasteiger partial charge is 0.255 e. The van der Waals surface area contributed by atoms with Crippen LogP contribution in [0.4, 0.5) is 5.69 Å². The van der Waals surface area contributed by atoms with Crippen molar-refractivity contribution in [1.29, 1.82) is 0 Å². The monoisotopic (exact) mass is 320 g/mol. The third kappa shape index (κ3) is 3.32. The van der Waals surface area contributed by atoms with Crippen molar-refractivity contribution < 1.29 is 4.79 Å². The zero-order valence-corrected chi connectivity index (χ0v) is 11.9. The Hall–Kier alpha value is -1.88. The molecule has 98 valence electrons. The average molecular weight is 321 g/mol. The highest BCUT2D eigenvalue weighted by molar-refractivity contribution is 9.09. The van der Waals surface area contributed by atoms with Gasteiger partial charge in [-0.2, -0.15) is 0 Å². The summed E-state index contributed by atoms with van der Waals surface area (Å²) in [5.41, 5.74) is 1.76. The van der Waals surface area contributed by atoms with Gasteiger partial charge in [-0.1, -0.05) is 34.1 Å². The normalized spacial score (nSPS) is 11.9. The molecule has 1 amide bonds. The minimum absolute atomic E-state index is 0.128. The first-order valence-electron chi connectivity index (χ1n) is 5.81. The Bertz CT molecular complexity index is 650. The highest BCUT2D eigenvalue weighted by atomic mass is 79.9. The molecule has 5 heteroatoms. The van der Waals surface area contributed by atoms with Crippen LogP contribution in [0.2, 0.25) is 0 Å². The standard InChI is InChI=1S/C14H13BrN2O2/c1-9(15)11-4-2-3-5-12(11)17-14(19)10-6-7-16-13(18)8-10/h2-9H,1H3,(H,16,18)(H,17,19). The zero-order valence-electron chi connectivity index (χ0n) is 10.3.